The fraction of sp³-hybridized carbons (Fsp3) is 0.182. The third-order valence-electron chi connectivity index (χ3n) is 4.58. The number of rotatable bonds is 5. The van der Waals surface area contributed by atoms with Gasteiger partial charge in [-0.3, -0.25) is 9.59 Å². The zero-order chi connectivity index (χ0) is 20.4. The summed E-state index contributed by atoms with van der Waals surface area (Å²) in [5.41, 5.74) is 2.33. The minimum Gasteiger partial charge on any atom is -0.353 e. The Balaban J connectivity index is 1.83. The second-order valence-corrected chi connectivity index (χ2v) is 6.84. The number of pyridine rings is 2. The number of nitrogens with zero attached hydrogens (tertiary/aromatic N) is 4. The largest absolute Gasteiger partial charge is 0.353 e. The summed E-state index contributed by atoms with van der Waals surface area (Å²) in [7, 11) is 0. The summed E-state index contributed by atoms with van der Waals surface area (Å²) in [6.45, 7) is 4.59. The molecule has 0 fully saturated rings. The highest BCUT2D eigenvalue weighted by Gasteiger charge is 2.24. The maximum Gasteiger partial charge on any atom is 0.282 e. The Morgan fingerprint density at radius 2 is 1.86 bits per heavy atom. The van der Waals surface area contributed by atoms with E-state index in [-0.39, 0.29) is 11.5 Å². The molecule has 0 bridgehead atoms. The molecule has 0 unspecified atom stereocenters. The summed E-state index contributed by atoms with van der Waals surface area (Å²) < 4.78 is 3.20. The topological polar surface area (TPSA) is 81.8 Å². The molecule has 0 aliphatic carbocycles. The highest BCUT2D eigenvalue weighted by molar-refractivity contribution is 6.07. The fourth-order valence-electron chi connectivity index (χ4n) is 3.25. The maximum atomic E-state index is 13.0. The number of nitrogens with one attached hydrogen (secondary N) is 1. The lowest BCUT2D eigenvalue weighted by Gasteiger charge is -2.12. The van der Waals surface area contributed by atoms with Crippen molar-refractivity contribution in [3.63, 3.8) is 0 Å². The molecule has 29 heavy (non-hydrogen) atoms. The lowest BCUT2D eigenvalue weighted by atomic mass is 10.1. The Kier molecular flexibility index (Phi) is 4.95. The van der Waals surface area contributed by atoms with E-state index in [2.05, 4.69) is 15.4 Å². The molecule has 1 aromatic heterocycles. The van der Waals surface area contributed by atoms with Crippen molar-refractivity contribution in [2.75, 3.05) is 5.32 Å². The maximum absolute atomic E-state index is 13.0. The van der Waals surface area contributed by atoms with Crippen LogP contribution in [0.4, 0.5) is 5.82 Å². The summed E-state index contributed by atoms with van der Waals surface area (Å²) in [5, 5.41) is 7.29. The minimum atomic E-state index is -0.351. The number of hydrogen-bond acceptors (Lipinski definition) is 4. The lowest BCUT2D eigenvalue weighted by molar-refractivity contribution is 0.102. The molecule has 2 aliphatic rings. The lowest BCUT2D eigenvalue weighted by Crippen LogP contribution is -2.18. The van der Waals surface area contributed by atoms with Crippen LogP contribution in [0.1, 0.15) is 29.4 Å². The predicted octanol–water partition coefficient (Wildman–Crippen LogP) is 3.50. The summed E-state index contributed by atoms with van der Waals surface area (Å²) >= 11 is 0. The first-order valence-corrected chi connectivity index (χ1v) is 9.50. The number of fused-ring (bicyclic) bond motifs is 1. The molecule has 0 spiro atoms. The van der Waals surface area contributed by atoms with Crippen LogP contribution in [0.15, 0.2) is 65.7 Å². The third-order valence-corrected chi connectivity index (χ3v) is 4.58. The summed E-state index contributed by atoms with van der Waals surface area (Å²) in [4.78, 5) is 30.4. The van der Waals surface area contributed by atoms with E-state index in [1.165, 1.54) is 4.68 Å². The van der Waals surface area contributed by atoms with E-state index in [0.29, 0.717) is 34.9 Å². The molecule has 4 rings (SSSR count). The zero-order valence-electron chi connectivity index (χ0n) is 16.3. The van der Waals surface area contributed by atoms with Crippen LogP contribution in [-0.4, -0.2) is 25.2 Å². The van der Waals surface area contributed by atoms with Gasteiger partial charge in [0, 0.05) is 24.6 Å². The molecule has 0 radical (unpaired) electrons. The van der Waals surface area contributed by atoms with Gasteiger partial charge in [-0.25, -0.2) is 4.98 Å². The number of hydrogen-bond donors (Lipinski definition) is 1. The molecule has 0 saturated heterocycles. The quantitative estimate of drug-likeness (QED) is 0.568. The first-order valence-electron chi connectivity index (χ1n) is 9.50. The van der Waals surface area contributed by atoms with Crippen molar-refractivity contribution in [1.82, 2.24) is 19.3 Å². The van der Waals surface area contributed by atoms with Crippen molar-refractivity contribution in [2.24, 2.45) is 0 Å². The number of benzene rings is 1. The highest BCUT2D eigenvalue weighted by Crippen LogP contribution is 2.23. The average Bonchev–Trinajstić information content (AvgIpc) is 3.05. The molecule has 7 heteroatoms. The normalized spacial score (nSPS) is 11.0. The van der Waals surface area contributed by atoms with Gasteiger partial charge >= 0.3 is 0 Å². The number of para-hydroxylation sites is 1. The highest BCUT2D eigenvalue weighted by atomic mass is 16.2. The number of amides is 1. The van der Waals surface area contributed by atoms with Crippen molar-refractivity contribution in [3.8, 4) is 16.9 Å². The van der Waals surface area contributed by atoms with Crippen molar-refractivity contribution in [1.29, 1.82) is 0 Å². The first kappa shape index (κ1) is 18.6. The molecule has 0 saturated carbocycles. The second-order valence-electron chi connectivity index (χ2n) is 6.84. The van der Waals surface area contributed by atoms with Crippen molar-refractivity contribution >= 4 is 11.7 Å². The van der Waals surface area contributed by atoms with Crippen LogP contribution in [0.25, 0.3) is 16.9 Å². The minimum absolute atomic E-state index is 0.251. The molecule has 7 nitrogen and oxygen atoms in total. The van der Waals surface area contributed by atoms with E-state index in [9.17, 15) is 9.59 Å². The van der Waals surface area contributed by atoms with E-state index in [4.69, 9.17) is 0 Å². The molecule has 2 aliphatic heterocycles. The molecule has 1 amide bonds. The SMILES string of the molecule is CCCn1cc(C(=O)Nc2cccc(C)n2)c2nn(-c3ccccc3)c(=O)c-2c1. The van der Waals surface area contributed by atoms with Gasteiger partial charge in [0.1, 0.15) is 11.5 Å². The zero-order valence-corrected chi connectivity index (χ0v) is 16.3. The van der Waals surface area contributed by atoms with Gasteiger partial charge in [-0.15, -0.1) is 0 Å². The van der Waals surface area contributed by atoms with Crippen LogP contribution in [0.2, 0.25) is 0 Å². The third kappa shape index (κ3) is 3.67. The molecule has 3 heterocycles. The van der Waals surface area contributed by atoms with Crippen LogP contribution in [-0.2, 0) is 6.54 Å². The number of carbonyl (C=O) groups excluding carboxylic acids is 1. The molecule has 0 atom stereocenters. The number of aromatic nitrogens is 4. The Hall–Kier alpha value is -3.74. The van der Waals surface area contributed by atoms with Gasteiger partial charge in [-0.05, 0) is 37.6 Å². The Morgan fingerprint density at radius 1 is 1.07 bits per heavy atom. The van der Waals surface area contributed by atoms with Crippen molar-refractivity contribution in [2.45, 2.75) is 26.8 Å². The van der Waals surface area contributed by atoms with Crippen LogP contribution in [0, 0.1) is 6.92 Å². The first-order chi connectivity index (χ1) is 14.1. The van der Waals surface area contributed by atoms with Gasteiger partial charge in [0.15, 0.2) is 0 Å². The number of anilines is 1. The summed E-state index contributed by atoms with van der Waals surface area (Å²) in [6.07, 6.45) is 4.37. The molecular formula is C22H21N5O2. The van der Waals surface area contributed by atoms with E-state index >= 15 is 0 Å². The van der Waals surface area contributed by atoms with E-state index in [1.807, 2.05) is 60.9 Å². The van der Waals surface area contributed by atoms with Crippen LogP contribution in [0.5, 0.6) is 0 Å². The molecular weight excluding hydrogens is 366 g/mol. The van der Waals surface area contributed by atoms with Crippen LogP contribution >= 0.6 is 0 Å². The number of carbonyl (C=O) groups is 1. The van der Waals surface area contributed by atoms with E-state index in [1.54, 1.807) is 18.5 Å². The molecule has 1 aromatic carbocycles. The summed E-state index contributed by atoms with van der Waals surface area (Å²) in [5.74, 6) is 0.107. The van der Waals surface area contributed by atoms with Crippen molar-refractivity contribution < 1.29 is 4.79 Å². The van der Waals surface area contributed by atoms with Gasteiger partial charge in [0.25, 0.3) is 11.5 Å². The smallest absolute Gasteiger partial charge is 0.282 e. The average molecular weight is 387 g/mol. The van der Waals surface area contributed by atoms with Gasteiger partial charge in [-0.1, -0.05) is 31.2 Å². The molecule has 146 valence electrons. The van der Waals surface area contributed by atoms with Gasteiger partial charge in [-0.2, -0.15) is 9.78 Å². The van der Waals surface area contributed by atoms with E-state index in [0.717, 1.165) is 12.1 Å². The number of aryl methyl sites for hydroxylation is 2. The van der Waals surface area contributed by atoms with Gasteiger partial charge in [0.2, 0.25) is 0 Å². The predicted molar refractivity (Wildman–Crippen MR) is 112 cm³/mol. The Morgan fingerprint density at radius 3 is 2.59 bits per heavy atom. The van der Waals surface area contributed by atoms with E-state index < -0.39 is 0 Å². The monoisotopic (exact) mass is 387 g/mol. The van der Waals surface area contributed by atoms with Crippen LogP contribution < -0.4 is 10.9 Å². The molecule has 2 aromatic rings. The van der Waals surface area contributed by atoms with Gasteiger partial charge in [0.05, 0.1) is 16.8 Å². The Bertz CT molecular complexity index is 1190. The standard InChI is InChI=1S/C22H21N5O2/c1-3-12-26-13-17(21(28)24-19-11-7-8-15(2)23-19)20-18(14-26)22(29)27(25-20)16-9-5-4-6-10-16/h4-11,13-14H,3,12H2,1-2H3,(H,23,24,28). The Labute approximate surface area is 168 Å². The van der Waals surface area contributed by atoms with Crippen molar-refractivity contribution in [3.05, 3.63) is 82.5 Å². The van der Waals surface area contributed by atoms with Gasteiger partial charge < -0.3 is 9.88 Å². The second kappa shape index (κ2) is 7.71. The fourth-order valence-corrected chi connectivity index (χ4v) is 3.25. The molecule has 1 N–H and O–H groups in total. The van der Waals surface area contributed by atoms with Crippen LogP contribution in [0.3, 0.4) is 0 Å². The summed E-state index contributed by atoms with van der Waals surface area (Å²) in [6, 6.07) is 14.6.